The van der Waals surface area contributed by atoms with Crippen LogP contribution >= 0.6 is 23.2 Å². The Morgan fingerprint density at radius 3 is 2.37 bits per heavy atom. The molecule has 1 aromatic carbocycles. The number of amides is 2. The van der Waals surface area contributed by atoms with Gasteiger partial charge in [0.15, 0.2) is 0 Å². The topological polar surface area (TPSA) is 98.2 Å². The Balaban J connectivity index is 2.93. The molecule has 19 heavy (non-hydrogen) atoms. The van der Waals surface area contributed by atoms with E-state index in [1.165, 1.54) is 12.1 Å². The highest BCUT2D eigenvalue weighted by Crippen LogP contribution is 2.29. The van der Waals surface area contributed by atoms with Crippen molar-refractivity contribution in [1.82, 2.24) is 5.32 Å². The first-order valence-electron chi connectivity index (χ1n) is 5.48. The number of hydrogen-bond donors (Lipinski definition) is 3. The van der Waals surface area contributed by atoms with Crippen LogP contribution in [-0.2, 0) is 4.79 Å². The molecule has 1 rings (SSSR count). The zero-order chi connectivity index (χ0) is 14.8. The summed E-state index contributed by atoms with van der Waals surface area (Å²) in [4.78, 5) is 22.9. The molecule has 0 atom stereocenters. The van der Waals surface area contributed by atoms with Crippen LogP contribution in [0.1, 0.15) is 30.6 Å². The number of carbonyl (C=O) groups excluding carboxylic acids is 2. The Hall–Kier alpha value is -1.46. The fourth-order valence-corrected chi connectivity index (χ4v) is 1.94. The summed E-state index contributed by atoms with van der Waals surface area (Å²) in [5.74, 6) is -0.907. The van der Waals surface area contributed by atoms with E-state index in [2.05, 4.69) is 5.32 Å². The van der Waals surface area contributed by atoms with Crippen LogP contribution < -0.4 is 16.8 Å². The van der Waals surface area contributed by atoms with Crippen LogP contribution in [0, 0.1) is 0 Å². The molecule has 0 saturated carbocycles. The summed E-state index contributed by atoms with van der Waals surface area (Å²) in [5, 5.41) is 3.08. The van der Waals surface area contributed by atoms with E-state index >= 15 is 0 Å². The van der Waals surface area contributed by atoms with Gasteiger partial charge in [-0.25, -0.2) is 0 Å². The second-order valence-electron chi connectivity index (χ2n) is 4.84. The monoisotopic (exact) mass is 303 g/mol. The first-order valence-corrected chi connectivity index (χ1v) is 6.23. The van der Waals surface area contributed by atoms with E-state index in [-0.39, 0.29) is 27.7 Å². The van der Waals surface area contributed by atoms with Gasteiger partial charge >= 0.3 is 0 Å². The largest absolute Gasteiger partial charge is 0.397 e. The molecule has 7 heteroatoms. The average molecular weight is 304 g/mol. The Morgan fingerprint density at radius 1 is 1.32 bits per heavy atom. The van der Waals surface area contributed by atoms with E-state index in [0.717, 1.165) is 0 Å². The first kappa shape index (κ1) is 15.6. The van der Waals surface area contributed by atoms with Gasteiger partial charge in [-0.2, -0.15) is 0 Å². The maximum atomic E-state index is 12.0. The molecule has 5 nitrogen and oxygen atoms in total. The van der Waals surface area contributed by atoms with Gasteiger partial charge in [-0.3, -0.25) is 9.59 Å². The Morgan fingerprint density at radius 2 is 1.89 bits per heavy atom. The molecule has 0 radical (unpaired) electrons. The van der Waals surface area contributed by atoms with Gasteiger partial charge in [-0.15, -0.1) is 0 Å². The van der Waals surface area contributed by atoms with E-state index in [1.54, 1.807) is 13.8 Å². The number of primary amides is 1. The van der Waals surface area contributed by atoms with Crippen molar-refractivity contribution in [3.05, 3.63) is 27.7 Å². The normalized spacial score (nSPS) is 11.2. The molecule has 0 aliphatic rings. The smallest absolute Gasteiger partial charge is 0.251 e. The van der Waals surface area contributed by atoms with E-state index in [0.29, 0.717) is 0 Å². The van der Waals surface area contributed by atoms with Gasteiger partial charge in [0.1, 0.15) is 0 Å². The van der Waals surface area contributed by atoms with Crippen LogP contribution in [0.2, 0.25) is 10.0 Å². The van der Waals surface area contributed by atoms with Gasteiger partial charge in [0.2, 0.25) is 5.91 Å². The number of nitrogens with one attached hydrogen (secondary N) is 1. The predicted octanol–water partition coefficient (Wildman–Crippen LogP) is 1.96. The van der Waals surface area contributed by atoms with Crippen molar-refractivity contribution in [1.29, 1.82) is 0 Å². The third-order valence-corrected chi connectivity index (χ3v) is 3.20. The Labute approximate surface area is 121 Å². The van der Waals surface area contributed by atoms with Gasteiger partial charge in [0.25, 0.3) is 5.91 Å². The predicted molar refractivity (Wildman–Crippen MR) is 76.2 cm³/mol. The average Bonchev–Trinajstić information content (AvgIpc) is 2.22. The van der Waals surface area contributed by atoms with Gasteiger partial charge in [0.05, 0.1) is 15.7 Å². The number of halogens is 2. The standard InChI is InChI=1S/C12H15Cl2N3O2/c1-12(2,5-9(16)18)17-11(19)6-3-7(13)10(14)8(15)4-6/h3-4H,5,15H2,1-2H3,(H2,16,18)(H,17,19). The molecule has 0 aliphatic heterocycles. The number of nitrogens with two attached hydrogens (primary N) is 2. The number of hydrogen-bond acceptors (Lipinski definition) is 3. The molecule has 1 aromatic rings. The zero-order valence-electron chi connectivity index (χ0n) is 10.6. The fourth-order valence-electron chi connectivity index (χ4n) is 1.60. The molecule has 0 heterocycles. The van der Waals surface area contributed by atoms with Crippen molar-refractivity contribution < 1.29 is 9.59 Å². The van der Waals surface area contributed by atoms with Crippen molar-refractivity contribution in [2.24, 2.45) is 5.73 Å². The quantitative estimate of drug-likeness (QED) is 0.741. The van der Waals surface area contributed by atoms with Crippen LogP contribution in [0.4, 0.5) is 5.69 Å². The molecule has 0 aliphatic carbocycles. The van der Waals surface area contributed by atoms with Gasteiger partial charge in [-0.05, 0) is 26.0 Å². The Bertz CT molecular complexity index is 507. The minimum atomic E-state index is -0.760. The number of anilines is 1. The highest BCUT2D eigenvalue weighted by atomic mass is 35.5. The van der Waals surface area contributed by atoms with Crippen LogP contribution in [0.3, 0.4) is 0 Å². The summed E-state index contributed by atoms with van der Waals surface area (Å²) in [5.41, 5.74) is 10.5. The van der Waals surface area contributed by atoms with Crippen molar-refractivity contribution in [2.75, 3.05) is 5.73 Å². The second-order valence-corrected chi connectivity index (χ2v) is 5.63. The van der Waals surface area contributed by atoms with Gasteiger partial charge < -0.3 is 16.8 Å². The Kier molecular flexibility index (Phi) is 4.66. The fraction of sp³-hybridized carbons (Fsp3) is 0.333. The summed E-state index contributed by atoms with van der Waals surface area (Å²) < 4.78 is 0. The number of rotatable bonds is 4. The third-order valence-electron chi connectivity index (χ3n) is 2.39. The lowest BCUT2D eigenvalue weighted by Gasteiger charge is -2.24. The second kappa shape index (κ2) is 5.67. The molecular weight excluding hydrogens is 289 g/mol. The molecule has 0 bridgehead atoms. The highest BCUT2D eigenvalue weighted by Gasteiger charge is 2.24. The first-order chi connectivity index (χ1) is 8.62. The molecule has 5 N–H and O–H groups in total. The van der Waals surface area contributed by atoms with Crippen LogP contribution in [-0.4, -0.2) is 17.4 Å². The lowest BCUT2D eigenvalue weighted by molar-refractivity contribution is -0.119. The summed E-state index contributed by atoms with van der Waals surface area (Å²) >= 11 is 11.7. The highest BCUT2D eigenvalue weighted by molar-refractivity contribution is 6.43. The minimum absolute atomic E-state index is 0.0234. The van der Waals surface area contributed by atoms with E-state index in [9.17, 15) is 9.59 Å². The number of carbonyl (C=O) groups is 2. The van der Waals surface area contributed by atoms with E-state index in [1.807, 2.05) is 0 Å². The van der Waals surface area contributed by atoms with Crippen molar-refractivity contribution in [2.45, 2.75) is 25.8 Å². The third kappa shape index (κ3) is 4.29. The number of benzene rings is 1. The SMILES string of the molecule is CC(C)(CC(N)=O)NC(=O)c1cc(N)c(Cl)c(Cl)c1. The van der Waals surface area contributed by atoms with Crippen molar-refractivity contribution in [3.8, 4) is 0 Å². The summed E-state index contributed by atoms with van der Waals surface area (Å²) in [7, 11) is 0. The maximum Gasteiger partial charge on any atom is 0.251 e. The minimum Gasteiger partial charge on any atom is -0.397 e. The van der Waals surface area contributed by atoms with E-state index < -0.39 is 17.4 Å². The van der Waals surface area contributed by atoms with Gasteiger partial charge in [0, 0.05) is 17.5 Å². The molecule has 0 unspecified atom stereocenters. The van der Waals surface area contributed by atoms with Crippen LogP contribution in [0.15, 0.2) is 12.1 Å². The van der Waals surface area contributed by atoms with Crippen molar-refractivity contribution >= 4 is 40.7 Å². The lowest BCUT2D eigenvalue weighted by atomic mass is 9.99. The molecule has 104 valence electrons. The van der Waals surface area contributed by atoms with Crippen LogP contribution in [0.5, 0.6) is 0 Å². The van der Waals surface area contributed by atoms with Crippen molar-refractivity contribution in [3.63, 3.8) is 0 Å². The molecule has 0 fully saturated rings. The summed E-state index contributed by atoms with van der Waals surface area (Å²) in [6.45, 7) is 3.38. The summed E-state index contributed by atoms with van der Waals surface area (Å²) in [6, 6.07) is 2.83. The van der Waals surface area contributed by atoms with E-state index in [4.69, 9.17) is 34.7 Å². The molecule has 0 aromatic heterocycles. The maximum absolute atomic E-state index is 12.0. The molecule has 2 amide bonds. The zero-order valence-corrected chi connectivity index (χ0v) is 12.1. The number of nitrogen functional groups attached to an aromatic ring is 1. The van der Waals surface area contributed by atoms with Gasteiger partial charge in [-0.1, -0.05) is 23.2 Å². The van der Waals surface area contributed by atoms with Crippen LogP contribution in [0.25, 0.3) is 0 Å². The molecule has 0 saturated heterocycles. The molecular formula is C12H15Cl2N3O2. The summed E-state index contributed by atoms with van der Waals surface area (Å²) in [6.07, 6.45) is 0.0234. The molecule has 0 spiro atoms. The lowest BCUT2D eigenvalue weighted by Crippen LogP contribution is -2.46.